The van der Waals surface area contributed by atoms with Gasteiger partial charge in [-0.2, -0.15) is 0 Å². The lowest BCUT2D eigenvalue weighted by Crippen LogP contribution is -2.00. The highest BCUT2D eigenvalue weighted by Gasteiger charge is 2.21. The SMILES string of the molecule is c1ccc(-c2cccc(-n3c4ccccc4c4c5c6ccccc6n(-c6ccc7ccc(-c8nc(-c9ccccc9)nc(-c9ccccc9)n8)cc7c6)c5ccc43)c2)cc1. The Morgan fingerprint density at radius 1 is 0.267 bits per heavy atom. The third-order valence-corrected chi connectivity index (χ3v) is 11.7. The lowest BCUT2D eigenvalue weighted by Gasteiger charge is -2.12. The zero-order valence-corrected chi connectivity index (χ0v) is 32.4. The first-order valence-corrected chi connectivity index (χ1v) is 20.3. The molecule has 0 unspecified atom stereocenters. The number of benzene rings is 9. The smallest absolute Gasteiger partial charge is 0.164 e. The van der Waals surface area contributed by atoms with Crippen LogP contribution in [0.15, 0.2) is 212 Å². The van der Waals surface area contributed by atoms with Gasteiger partial charge in [0.25, 0.3) is 0 Å². The van der Waals surface area contributed by atoms with Crippen molar-refractivity contribution in [1.82, 2.24) is 24.1 Å². The summed E-state index contributed by atoms with van der Waals surface area (Å²) in [5.41, 5.74) is 12.2. The largest absolute Gasteiger partial charge is 0.309 e. The monoisotopic (exact) mass is 765 g/mol. The molecule has 0 aliphatic carbocycles. The topological polar surface area (TPSA) is 48.5 Å². The van der Waals surface area contributed by atoms with E-state index in [0.29, 0.717) is 17.5 Å². The summed E-state index contributed by atoms with van der Waals surface area (Å²) in [6.07, 6.45) is 0. The molecule has 5 heteroatoms. The van der Waals surface area contributed by atoms with Crippen LogP contribution in [0.3, 0.4) is 0 Å². The maximum absolute atomic E-state index is 5.03. The van der Waals surface area contributed by atoms with E-state index >= 15 is 0 Å². The Labute approximate surface area is 346 Å². The molecule has 9 aromatic carbocycles. The van der Waals surface area contributed by atoms with E-state index in [1.54, 1.807) is 0 Å². The first kappa shape index (κ1) is 33.9. The van der Waals surface area contributed by atoms with Crippen LogP contribution >= 0.6 is 0 Å². The van der Waals surface area contributed by atoms with Gasteiger partial charge in [0.15, 0.2) is 17.5 Å². The van der Waals surface area contributed by atoms with Gasteiger partial charge >= 0.3 is 0 Å². The number of aromatic nitrogens is 5. The second-order valence-corrected chi connectivity index (χ2v) is 15.3. The maximum Gasteiger partial charge on any atom is 0.164 e. The predicted octanol–water partition coefficient (Wildman–Crippen LogP) is 13.9. The molecule has 0 saturated carbocycles. The highest BCUT2D eigenvalue weighted by atomic mass is 15.0. The predicted molar refractivity (Wildman–Crippen MR) is 248 cm³/mol. The van der Waals surface area contributed by atoms with E-state index in [1.165, 1.54) is 43.7 Å². The average Bonchev–Trinajstić information content (AvgIpc) is 3.85. The van der Waals surface area contributed by atoms with Gasteiger partial charge in [-0.25, -0.2) is 15.0 Å². The summed E-state index contributed by atoms with van der Waals surface area (Å²) in [4.78, 5) is 15.0. The van der Waals surface area contributed by atoms with E-state index in [0.717, 1.165) is 49.9 Å². The van der Waals surface area contributed by atoms with Gasteiger partial charge in [0.05, 0.1) is 22.1 Å². The van der Waals surface area contributed by atoms with Crippen LogP contribution in [0.25, 0.3) is 111 Å². The first-order valence-electron chi connectivity index (χ1n) is 20.3. The number of rotatable bonds is 6. The standard InChI is InChI=1S/C55H35N5/c1-4-15-36(16-5-1)40-21-14-22-43(34-40)59-47-25-12-10-23-45(47)51-49(59)31-32-50-52(51)46-24-11-13-26-48(46)60(50)44-30-29-37-27-28-41(33-42(37)35-44)55-57-53(38-17-6-2-7-18-38)56-54(58-55)39-19-8-3-9-20-39/h1-35H. The molecule has 0 saturated heterocycles. The minimum atomic E-state index is 0.639. The van der Waals surface area contributed by atoms with Crippen molar-refractivity contribution in [2.75, 3.05) is 0 Å². The van der Waals surface area contributed by atoms with Crippen LogP contribution in [-0.2, 0) is 0 Å². The molecule has 0 amide bonds. The lowest BCUT2D eigenvalue weighted by molar-refractivity contribution is 1.07. The molecule has 0 aliphatic rings. The molecule has 60 heavy (non-hydrogen) atoms. The quantitative estimate of drug-likeness (QED) is 0.169. The fourth-order valence-corrected chi connectivity index (χ4v) is 8.98. The zero-order chi connectivity index (χ0) is 39.6. The van der Waals surface area contributed by atoms with Crippen molar-refractivity contribution in [3.8, 4) is 56.7 Å². The van der Waals surface area contributed by atoms with Crippen LogP contribution in [0.4, 0.5) is 0 Å². The Balaban J connectivity index is 1.04. The fourth-order valence-electron chi connectivity index (χ4n) is 8.98. The molecule has 0 aliphatic heterocycles. The van der Waals surface area contributed by atoms with E-state index in [1.807, 2.05) is 60.7 Å². The molecule has 0 spiro atoms. The molecule has 12 aromatic rings. The van der Waals surface area contributed by atoms with Crippen molar-refractivity contribution >= 4 is 54.4 Å². The molecule has 280 valence electrons. The number of para-hydroxylation sites is 2. The lowest BCUT2D eigenvalue weighted by atomic mass is 10.0. The normalized spacial score (nSPS) is 11.7. The van der Waals surface area contributed by atoms with Crippen molar-refractivity contribution in [1.29, 1.82) is 0 Å². The van der Waals surface area contributed by atoms with Gasteiger partial charge in [-0.15, -0.1) is 0 Å². The summed E-state index contributed by atoms with van der Waals surface area (Å²) < 4.78 is 4.84. The van der Waals surface area contributed by atoms with E-state index in [4.69, 9.17) is 15.0 Å². The third-order valence-electron chi connectivity index (χ3n) is 11.7. The molecule has 0 atom stereocenters. The van der Waals surface area contributed by atoms with Crippen molar-refractivity contribution in [3.63, 3.8) is 0 Å². The number of nitrogens with zero attached hydrogens (tertiary/aromatic N) is 5. The van der Waals surface area contributed by atoms with Gasteiger partial charge in [0, 0.05) is 49.6 Å². The van der Waals surface area contributed by atoms with Crippen LogP contribution in [0.1, 0.15) is 0 Å². The van der Waals surface area contributed by atoms with E-state index < -0.39 is 0 Å². The van der Waals surface area contributed by atoms with Crippen molar-refractivity contribution < 1.29 is 0 Å². The highest BCUT2D eigenvalue weighted by molar-refractivity contribution is 6.29. The number of hydrogen-bond acceptors (Lipinski definition) is 3. The van der Waals surface area contributed by atoms with E-state index in [9.17, 15) is 0 Å². The van der Waals surface area contributed by atoms with Gasteiger partial charge in [-0.1, -0.05) is 158 Å². The summed E-state index contributed by atoms with van der Waals surface area (Å²) >= 11 is 0. The minimum Gasteiger partial charge on any atom is -0.309 e. The van der Waals surface area contributed by atoms with Gasteiger partial charge in [-0.05, 0) is 76.5 Å². The molecule has 3 heterocycles. The molecule has 5 nitrogen and oxygen atoms in total. The fraction of sp³-hybridized carbons (Fsp3) is 0. The van der Waals surface area contributed by atoms with Gasteiger partial charge in [-0.3, -0.25) is 0 Å². The van der Waals surface area contributed by atoms with Gasteiger partial charge < -0.3 is 9.13 Å². The van der Waals surface area contributed by atoms with Crippen molar-refractivity contribution in [3.05, 3.63) is 212 Å². The average molecular weight is 766 g/mol. The number of fused-ring (bicyclic) bond motifs is 8. The van der Waals surface area contributed by atoms with Crippen LogP contribution in [0, 0.1) is 0 Å². The molecular formula is C55H35N5. The number of hydrogen-bond donors (Lipinski definition) is 0. The summed E-state index contributed by atoms with van der Waals surface area (Å²) in [6.45, 7) is 0. The van der Waals surface area contributed by atoms with Crippen LogP contribution < -0.4 is 0 Å². The minimum absolute atomic E-state index is 0.639. The summed E-state index contributed by atoms with van der Waals surface area (Å²) in [5.74, 6) is 1.94. The van der Waals surface area contributed by atoms with Crippen LogP contribution in [0.2, 0.25) is 0 Å². The van der Waals surface area contributed by atoms with Crippen LogP contribution in [0.5, 0.6) is 0 Å². The van der Waals surface area contributed by atoms with Crippen LogP contribution in [-0.4, -0.2) is 24.1 Å². The summed E-state index contributed by atoms with van der Waals surface area (Å²) in [6, 6.07) is 75.2. The molecule has 12 rings (SSSR count). The highest BCUT2D eigenvalue weighted by Crippen LogP contribution is 2.43. The zero-order valence-electron chi connectivity index (χ0n) is 32.4. The Hall–Kier alpha value is -8.15. The van der Waals surface area contributed by atoms with E-state index in [2.05, 4.69) is 161 Å². The Morgan fingerprint density at radius 2 is 0.733 bits per heavy atom. The second kappa shape index (κ2) is 13.8. The molecule has 0 N–H and O–H groups in total. The molecule has 3 aromatic heterocycles. The van der Waals surface area contributed by atoms with Gasteiger partial charge in [0.1, 0.15) is 0 Å². The van der Waals surface area contributed by atoms with Gasteiger partial charge in [0.2, 0.25) is 0 Å². The molecule has 0 fully saturated rings. The molecule has 0 bridgehead atoms. The van der Waals surface area contributed by atoms with Crippen molar-refractivity contribution in [2.45, 2.75) is 0 Å². The Kier molecular flexibility index (Phi) is 7.78. The molecular weight excluding hydrogens is 731 g/mol. The first-order chi connectivity index (χ1) is 29.7. The molecule has 0 radical (unpaired) electrons. The van der Waals surface area contributed by atoms with Crippen molar-refractivity contribution in [2.24, 2.45) is 0 Å². The summed E-state index contributed by atoms with van der Waals surface area (Å²) in [5, 5.41) is 7.21. The Morgan fingerprint density at radius 3 is 1.32 bits per heavy atom. The third kappa shape index (κ3) is 5.52. The summed E-state index contributed by atoms with van der Waals surface area (Å²) in [7, 11) is 0. The second-order valence-electron chi connectivity index (χ2n) is 15.3. The Bertz CT molecular complexity index is 3530. The van der Waals surface area contributed by atoms with E-state index in [-0.39, 0.29) is 0 Å². The maximum atomic E-state index is 5.03.